The molecular weight excluding hydrogens is 450 g/mol. The third-order valence-corrected chi connectivity index (χ3v) is 7.47. The smallest absolute Gasteiger partial charge is 0.257 e. The van der Waals surface area contributed by atoms with E-state index in [0.717, 1.165) is 4.70 Å². The third kappa shape index (κ3) is 4.38. The zero-order valence-corrected chi connectivity index (χ0v) is 18.7. The molecule has 2 aromatic carbocycles. The number of hydrogen-bond donors (Lipinski definition) is 1. The molecule has 10 heteroatoms. The van der Waals surface area contributed by atoms with Crippen LogP contribution in [0.1, 0.15) is 10.4 Å². The zero-order valence-electron chi connectivity index (χ0n) is 17.1. The van der Waals surface area contributed by atoms with Crippen LogP contribution in [0.2, 0.25) is 0 Å². The first kappa shape index (κ1) is 22.0. The fourth-order valence-electron chi connectivity index (χ4n) is 3.17. The molecule has 1 N–H and O–H groups in total. The molecule has 1 aliphatic heterocycles. The lowest BCUT2D eigenvalue weighted by molar-refractivity contribution is 0.102. The van der Waals surface area contributed by atoms with Crippen LogP contribution >= 0.6 is 11.3 Å². The number of nitrogens with one attached hydrogen (secondary N) is 1. The average Bonchev–Trinajstić information content (AvgIpc) is 3.18. The van der Waals surface area contributed by atoms with E-state index in [9.17, 15) is 13.2 Å². The minimum atomic E-state index is -3.73. The van der Waals surface area contributed by atoms with E-state index in [-0.39, 0.29) is 23.9 Å². The molecule has 8 nitrogen and oxygen atoms in total. The lowest BCUT2D eigenvalue weighted by atomic mass is 10.2. The Morgan fingerprint density at radius 1 is 1.09 bits per heavy atom. The van der Waals surface area contributed by atoms with Crippen molar-refractivity contribution in [3.05, 3.63) is 67.3 Å². The van der Waals surface area contributed by atoms with Gasteiger partial charge in [0.05, 0.1) is 15.1 Å². The Kier molecular flexibility index (Phi) is 6.26. The normalized spacial score (nSPS) is 13.2. The minimum absolute atomic E-state index is 0.0864. The summed E-state index contributed by atoms with van der Waals surface area (Å²) in [6.07, 6.45) is 3.02. The molecule has 32 heavy (non-hydrogen) atoms. The average molecular weight is 472 g/mol. The van der Waals surface area contributed by atoms with Crippen molar-refractivity contribution >= 4 is 42.6 Å². The summed E-state index contributed by atoms with van der Waals surface area (Å²) in [5, 5.41) is 3.18. The summed E-state index contributed by atoms with van der Waals surface area (Å²) >= 11 is 1.32. The summed E-state index contributed by atoms with van der Waals surface area (Å²) in [5.41, 5.74) is 1.01. The van der Waals surface area contributed by atoms with Gasteiger partial charge in [-0.3, -0.25) is 10.1 Å². The summed E-state index contributed by atoms with van der Waals surface area (Å²) in [6.45, 7) is 8.48. The van der Waals surface area contributed by atoms with Crippen molar-refractivity contribution in [3.63, 3.8) is 0 Å². The van der Waals surface area contributed by atoms with Crippen molar-refractivity contribution in [1.82, 2.24) is 9.29 Å². The number of ether oxygens (including phenoxy) is 2. The zero-order chi connectivity index (χ0) is 22.7. The summed E-state index contributed by atoms with van der Waals surface area (Å²) in [7, 11) is -3.73. The molecule has 1 aliphatic rings. The van der Waals surface area contributed by atoms with Crippen LogP contribution in [0.5, 0.6) is 11.5 Å². The number of nitrogens with zero attached hydrogens (tertiary/aromatic N) is 2. The van der Waals surface area contributed by atoms with Crippen LogP contribution in [-0.4, -0.2) is 49.9 Å². The maximum Gasteiger partial charge on any atom is 0.257 e. The molecule has 0 aliphatic carbocycles. The van der Waals surface area contributed by atoms with Gasteiger partial charge in [0.25, 0.3) is 5.91 Å². The number of hydrogen-bond acceptors (Lipinski definition) is 7. The summed E-state index contributed by atoms with van der Waals surface area (Å²) in [5.74, 6) is 0.897. The molecule has 0 saturated carbocycles. The standard InChI is InChI=1S/C22H21N3O5S2/c1-3-9-25(10-4-2)32(27,28)16-7-5-15(6-8-16)21(26)24-22-23-17-13-18-19(14-20(17)31-22)30-12-11-29-18/h3-8,13-14H,1-2,9-12H2,(H,23,24,26). The number of carbonyl (C=O) groups is 1. The lowest BCUT2D eigenvalue weighted by Crippen LogP contribution is -2.31. The van der Waals surface area contributed by atoms with E-state index in [1.54, 1.807) is 6.07 Å². The van der Waals surface area contributed by atoms with Crippen molar-refractivity contribution in [3.8, 4) is 11.5 Å². The molecule has 0 saturated heterocycles. The van der Waals surface area contributed by atoms with Gasteiger partial charge in [0.2, 0.25) is 10.0 Å². The van der Waals surface area contributed by atoms with E-state index >= 15 is 0 Å². The summed E-state index contributed by atoms with van der Waals surface area (Å²) in [4.78, 5) is 17.2. The van der Waals surface area contributed by atoms with Crippen molar-refractivity contribution < 1.29 is 22.7 Å². The number of thiazole rings is 1. The van der Waals surface area contributed by atoms with Crippen molar-refractivity contribution in [2.24, 2.45) is 0 Å². The predicted octanol–water partition coefficient (Wildman–Crippen LogP) is 3.68. The van der Waals surface area contributed by atoms with E-state index in [1.807, 2.05) is 6.07 Å². The molecule has 1 amide bonds. The molecule has 1 aromatic heterocycles. The fraction of sp³-hybridized carbons (Fsp3) is 0.182. The molecule has 0 atom stereocenters. The Hall–Kier alpha value is -3.21. The SMILES string of the molecule is C=CCN(CC=C)S(=O)(=O)c1ccc(C(=O)Nc2nc3cc4c(cc3s2)OCCO4)cc1. The van der Waals surface area contributed by atoms with Crippen LogP contribution in [0.15, 0.2) is 66.6 Å². The monoisotopic (exact) mass is 471 g/mol. The van der Waals surface area contributed by atoms with Gasteiger partial charge in [-0.1, -0.05) is 23.5 Å². The van der Waals surface area contributed by atoms with E-state index in [2.05, 4.69) is 23.5 Å². The number of amides is 1. The summed E-state index contributed by atoms with van der Waals surface area (Å²) in [6, 6.07) is 9.38. The van der Waals surface area contributed by atoms with Gasteiger partial charge in [0.15, 0.2) is 16.6 Å². The van der Waals surface area contributed by atoms with Gasteiger partial charge in [-0.25, -0.2) is 13.4 Å². The summed E-state index contributed by atoms with van der Waals surface area (Å²) < 4.78 is 38.8. The molecule has 0 bridgehead atoms. The van der Waals surface area contributed by atoms with E-state index in [0.29, 0.717) is 40.9 Å². The molecule has 166 valence electrons. The maximum absolute atomic E-state index is 12.8. The molecule has 2 heterocycles. The molecule has 4 rings (SSSR count). The highest BCUT2D eigenvalue weighted by molar-refractivity contribution is 7.89. The van der Waals surface area contributed by atoms with Gasteiger partial charge >= 0.3 is 0 Å². The highest BCUT2D eigenvalue weighted by Crippen LogP contribution is 2.37. The van der Waals surface area contributed by atoms with Crippen LogP contribution in [0, 0.1) is 0 Å². The third-order valence-electron chi connectivity index (χ3n) is 4.69. The Balaban J connectivity index is 1.51. The second-order valence-electron chi connectivity index (χ2n) is 6.86. The Morgan fingerprint density at radius 3 is 2.34 bits per heavy atom. The predicted molar refractivity (Wildman–Crippen MR) is 124 cm³/mol. The quantitative estimate of drug-likeness (QED) is 0.504. The minimum Gasteiger partial charge on any atom is -0.486 e. The second-order valence-corrected chi connectivity index (χ2v) is 9.83. The second kappa shape index (κ2) is 9.11. The van der Waals surface area contributed by atoms with Gasteiger partial charge in [-0.2, -0.15) is 4.31 Å². The highest BCUT2D eigenvalue weighted by Gasteiger charge is 2.23. The number of rotatable bonds is 8. The van der Waals surface area contributed by atoms with Crippen molar-refractivity contribution in [2.45, 2.75) is 4.90 Å². The number of benzene rings is 2. The van der Waals surface area contributed by atoms with Crippen molar-refractivity contribution in [1.29, 1.82) is 0 Å². The van der Waals surface area contributed by atoms with E-state index in [4.69, 9.17) is 9.47 Å². The number of aromatic nitrogens is 1. The number of carbonyl (C=O) groups excluding carboxylic acids is 1. The Morgan fingerprint density at radius 2 is 1.72 bits per heavy atom. The van der Waals surface area contributed by atoms with Crippen LogP contribution in [-0.2, 0) is 10.0 Å². The van der Waals surface area contributed by atoms with Crippen LogP contribution < -0.4 is 14.8 Å². The van der Waals surface area contributed by atoms with Gasteiger partial charge in [0, 0.05) is 30.8 Å². The van der Waals surface area contributed by atoms with Gasteiger partial charge in [-0.05, 0) is 24.3 Å². The van der Waals surface area contributed by atoms with Crippen LogP contribution in [0.25, 0.3) is 10.2 Å². The lowest BCUT2D eigenvalue weighted by Gasteiger charge is -2.19. The molecule has 3 aromatic rings. The molecule has 0 spiro atoms. The Labute approximate surface area is 189 Å². The molecule has 0 unspecified atom stereocenters. The molecule has 0 fully saturated rings. The number of fused-ring (bicyclic) bond motifs is 2. The van der Waals surface area contributed by atoms with Crippen molar-refractivity contribution in [2.75, 3.05) is 31.6 Å². The van der Waals surface area contributed by atoms with E-state index in [1.165, 1.54) is 52.1 Å². The first-order valence-electron chi connectivity index (χ1n) is 9.76. The topological polar surface area (TPSA) is 97.8 Å². The number of anilines is 1. The van der Waals surface area contributed by atoms with Gasteiger partial charge < -0.3 is 9.47 Å². The van der Waals surface area contributed by atoms with E-state index < -0.39 is 10.0 Å². The Bertz CT molecular complexity index is 1230. The van der Waals surface area contributed by atoms with Crippen LogP contribution in [0.3, 0.4) is 0 Å². The first-order valence-corrected chi connectivity index (χ1v) is 12.0. The largest absolute Gasteiger partial charge is 0.486 e. The van der Waals surface area contributed by atoms with Gasteiger partial charge in [0.1, 0.15) is 13.2 Å². The highest BCUT2D eigenvalue weighted by atomic mass is 32.2. The fourth-order valence-corrected chi connectivity index (χ4v) is 5.43. The molecule has 0 radical (unpaired) electrons. The first-order chi connectivity index (χ1) is 15.4. The maximum atomic E-state index is 12.8. The molecular formula is C22H21N3O5S2. The van der Waals surface area contributed by atoms with Gasteiger partial charge in [-0.15, -0.1) is 13.2 Å². The van der Waals surface area contributed by atoms with Crippen LogP contribution in [0.4, 0.5) is 5.13 Å². The number of sulfonamides is 1.